The molecule has 1 fully saturated rings. The maximum atomic E-state index is 6.11. The first kappa shape index (κ1) is 13.6. The molecule has 0 saturated heterocycles. The van der Waals surface area contributed by atoms with Crippen molar-refractivity contribution in [3.63, 3.8) is 0 Å². The topological polar surface area (TPSA) is 54.7 Å². The third-order valence-electron chi connectivity index (χ3n) is 4.22. The van der Waals surface area contributed by atoms with Crippen molar-refractivity contribution in [2.24, 2.45) is 5.73 Å². The molecule has 1 aromatic carbocycles. The highest BCUT2D eigenvalue weighted by Gasteiger charge is 2.19. The molecule has 3 heteroatoms. The van der Waals surface area contributed by atoms with Crippen LogP contribution < -0.4 is 5.73 Å². The summed E-state index contributed by atoms with van der Waals surface area (Å²) in [6.07, 6.45) is 7.51. The zero-order valence-corrected chi connectivity index (χ0v) is 12.6. The molecule has 0 bridgehead atoms. The summed E-state index contributed by atoms with van der Waals surface area (Å²) in [4.78, 5) is 8.33. The minimum absolute atomic E-state index is 0.167. The summed E-state index contributed by atoms with van der Waals surface area (Å²) in [5.74, 6) is 1.81. The highest BCUT2D eigenvalue weighted by molar-refractivity contribution is 5.76. The van der Waals surface area contributed by atoms with Crippen molar-refractivity contribution < 1.29 is 0 Å². The van der Waals surface area contributed by atoms with Crippen LogP contribution in [0.5, 0.6) is 0 Å². The SMILES string of the molecule is CC(C)(N)Cc1ccc2nc(C3CCCCC3)[nH]c2c1. The molecule has 3 rings (SSSR count). The molecule has 0 aliphatic heterocycles. The Morgan fingerprint density at radius 3 is 2.70 bits per heavy atom. The van der Waals surface area contributed by atoms with Crippen LogP contribution in [0.2, 0.25) is 0 Å². The van der Waals surface area contributed by atoms with Crippen molar-refractivity contribution in [1.29, 1.82) is 0 Å². The number of nitrogens with zero attached hydrogens (tertiary/aromatic N) is 1. The van der Waals surface area contributed by atoms with E-state index < -0.39 is 0 Å². The number of nitrogens with two attached hydrogens (primary N) is 1. The van der Waals surface area contributed by atoms with Gasteiger partial charge in [-0.15, -0.1) is 0 Å². The first-order valence-electron chi connectivity index (χ1n) is 7.79. The number of imidazole rings is 1. The second kappa shape index (κ2) is 5.21. The largest absolute Gasteiger partial charge is 0.342 e. The van der Waals surface area contributed by atoms with Crippen molar-refractivity contribution in [1.82, 2.24) is 9.97 Å². The number of aromatic amines is 1. The van der Waals surface area contributed by atoms with Gasteiger partial charge in [0.15, 0.2) is 0 Å². The molecule has 0 atom stereocenters. The number of rotatable bonds is 3. The molecule has 1 aliphatic rings. The van der Waals surface area contributed by atoms with Gasteiger partial charge in [0, 0.05) is 11.5 Å². The van der Waals surface area contributed by atoms with Gasteiger partial charge in [0.2, 0.25) is 0 Å². The van der Waals surface area contributed by atoms with Gasteiger partial charge < -0.3 is 10.7 Å². The van der Waals surface area contributed by atoms with Gasteiger partial charge in [-0.3, -0.25) is 0 Å². The van der Waals surface area contributed by atoms with E-state index in [1.807, 2.05) is 0 Å². The lowest BCUT2D eigenvalue weighted by atomic mass is 9.89. The zero-order chi connectivity index (χ0) is 14.2. The number of H-pyrrole nitrogens is 1. The Morgan fingerprint density at radius 1 is 1.25 bits per heavy atom. The molecule has 1 heterocycles. The predicted molar refractivity (Wildman–Crippen MR) is 83.9 cm³/mol. The maximum Gasteiger partial charge on any atom is 0.110 e. The van der Waals surface area contributed by atoms with Crippen molar-refractivity contribution in [3.8, 4) is 0 Å². The fourth-order valence-corrected chi connectivity index (χ4v) is 3.28. The molecule has 1 aliphatic carbocycles. The van der Waals surface area contributed by atoms with E-state index in [-0.39, 0.29) is 5.54 Å². The van der Waals surface area contributed by atoms with Crippen LogP contribution >= 0.6 is 0 Å². The third kappa shape index (κ3) is 3.04. The molecular weight excluding hydrogens is 246 g/mol. The highest BCUT2D eigenvalue weighted by atomic mass is 14.9. The average Bonchev–Trinajstić information content (AvgIpc) is 2.81. The quantitative estimate of drug-likeness (QED) is 0.889. The van der Waals surface area contributed by atoms with E-state index in [2.05, 4.69) is 37.0 Å². The Bertz CT molecular complexity index is 586. The van der Waals surface area contributed by atoms with Crippen LogP contribution in [0.1, 0.15) is 63.3 Å². The van der Waals surface area contributed by atoms with E-state index in [1.165, 1.54) is 43.5 Å². The summed E-state index contributed by atoms with van der Waals surface area (Å²) in [5, 5.41) is 0. The number of hydrogen-bond acceptors (Lipinski definition) is 2. The normalized spacial score (nSPS) is 17.8. The van der Waals surface area contributed by atoms with Crippen LogP contribution in [-0.4, -0.2) is 15.5 Å². The monoisotopic (exact) mass is 271 g/mol. The summed E-state index contributed by atoms with van der Waals surface area (Å²) >= 11 is 0. The molecular formula is C17H25N3. The van der Waals surface area contributed by atoms with Crippen LogP contribution in [0.4, 0.5) is 0 Å². The molecule has 0 spiro atoms. The van der Waals surface area contributed by atoms with Crippen LogP contribution in [0.25, 0.3) is 11.0 Å². The molecule has 20 heavy (non-hydrogen) atoms. The minimum atomic E-state index is -0.167. The summed E-state index contributed by atoms with van der Waals surface area (Å²) < 4.78 is 0. The van der Waals surface area contributed by atoms with Crippen molar-refractivity contribution in [3.05, 3.63) is 29.6 Å². The maximum absolute atomic E-state index is 6.11. The number of nitrogens with one attached hydrogen (secondary N) is 1. The number of hydrogen-bond donors (Lipinski definition) is 2. The zero-order valence-electron chi connectivity index (χ0n) is 12.6. The molecule has 1 saturated carbocycles. The van der Waals surface area contributed by atoms with Gasteiger partial charge in [-0.05, 0) is 50.8 Å². The van der Waals surface area contributed by atoms with E-state index >= 15 is 0 Å². The van der Waals surface area contributed by atoms with Crippen LogP contribution in [0.3, 0.4) is 0 Å². The number of fused-ring (bicyclic) bond motifs is 1. The average molecular weight is 271 g/mol. The Kier molecular flexibility index (Phi) is 3.55. The van der Waals surface area contributed by atoms with Crippen molar-refractivity contribution in [2.75, 3.05) is 0 Å². The van der Waals surface area contributed by atoms with Gasteiger partial charge in [-0.25, -0.2) is 4.98 Å². The van der Waals surface area contributed by atoms with Crippen molar-refractivity contribution in [2.45, 2.75) is 63.8 Å². The van der Waals surface area contributed by atoms with Crippen molar-refractivity contribution >= 4 is 11.0 Å². The Morgan fingerprint density at radius 2 is 2.00 bits per heavy atom. The van der Waals surface area contributed by atoms with Gasteiger partial charge in [-0.1, -0.05) is 25.3 Å². The molecule has 3 N–H and O–H groups in total. The van der Waals surface area contributed by atoms with E-state index in [9.17, 15) is 0 Å². The Hall–Kier alpha value is -1.35. The lowest BCUT2D eigenvalue weighted by Crippen LogP contribution is -2.34. The smallest absolute Gasteiger partial charge is 0.110 e. The Balaban J connectivity index is 1.87. The van der Waals surface area contributed by atoms with Crippen LogP contribution in [-0.2, 0) is 6.42 Å². The van der Waals surface area contributed by atoms with Gasteiger partial charge in [-0.2, -0.15) is 0 Å². The number of aromatic nitrogens is 2. The first-order chi connectivity index (χ1) is 9.51. The lowest BCUT2D eigenvalue weighted by Gasteiger charge is -2.19. The molecule has 0 radical (unpaired) electrons. The first-order valence-corrected chi connectivity index (χ1v) is 7.79. The summed E-state index contributed by atoms with van der Waals surface area (Å²) in [6, 6.07) is 6.49. The molecule has 3 nitrogen and oxygen atoms in total. The Labute approximate surface area is 121 Å². The minimum Gasteiger partial charge on any atom is -0.342 e. The summed E-state index contributed by atoms with van der Waals surface area (Å²) in [7, 11) is 0. The standard InChI is InChI=1S/C17H25N3/c1-17(2,18)11-12-8-9-14-15(10-12)20-16(19-14)13-6-4-3-5-7-13/h8-10,13H,3-7,11,18H2,1-2H3,(H,19,20). The second-order valence-corrected chi connectivity index (χ2v) is 6.97. The van der Waals surface area contributed by atoms with E-state index in [0.29, 0.717) is 5.92 Å². The molecule has 2 aromatic rings. The highest BCUT2D eigenvalue weighted by Crippen LogP contribution is 2.32. The predicted octanol–water partition coefficient (Wildman–Crippen LogP) is 3.89. The van der Waals surface area contributed by atoms with E-state index in [4.69, 9.17) is 10.7 Å². The number of benzene rings is 1. The van der Waals surface area contributed by atoms with Crippen LogP contribution in [0.15, 0.2) is 18.2 Å². The lowest BCUT2D eigenvalue weighted by molar-refractivity contribution is 0.431. The third-order valence-corrected chi connectivity index (χ3v) is 4.22. The second-order valence-electron chi connectivity index (χ2n) is 6.97. The van der Waals surface area contributed by atoms with Crippen LogP contribution in [0, 0.1) is 0 Å². The van der Waals surface area contributed by atoms with E-state index in [0.717, 1.165) is 17.5 Å². The molecule has 108 valence electrons. The van der Waals surface area contributed by atoms with Gasteiger partial charge >= 0.3 is 0 Å². The van der Waals surface area contributed by atoms with Gasteiger partial charge in [0.05, 0.1) is 11.0 Å². The van der Waals surface area contributed by atoms with Gasteiger partial charge in [0.1, 0.15) is 5.82 Å². The molecule has 0 unspecified atom stereocenters. The van der Waals surface area contributed by atoms with Gasteiger partial charge in [0.25, 0.3) is 0 Å². The summed E-state index contributed by atoms with van der Waals surface area (Å²) in [5.41, 5.74) is 9.47. The molecule has 1 aromatic heterocycles. The fraction of sp³-hybridized carbons (Fsp3) is 0.588. The summed E-state index contributed by atoms with van der Waals surface area (Å²) in [6.45, 7) is 4.13. The fourth-order valence-electron chi connectivity index (χ4n) is 3.28. The molecule has 0 amide bonds. The van der Waals surface area contributed by atoms with E-state index in [1.54, 1.807) is 0 Å².